The summed E-state index contributed by atoms with van der Waals surface area (Å²) >= 11 is 1.60. The second kappa shape index (κ2) is 6.87. The zero-order valence-electron chi connectivity index (χ0n) is 15.1. The van der Waals surface area contributed by atoms with E-state index in [0.717, 1.165) is 33.9 Å². The largest absolute Gasteiger partial charge is 0.478 e. The van der Waals surface area contributed by atoms with Gasteiger partial charge >= 0.3 is 0 Å². The van der Waals surface area contributed by atoms with Crippen LogP contribution in [0.25, 0.3) is 6.08 Å². The molecule has 1 aromatic heterocycles. The predicted octanol–water partition coefficient (Wildman–Crippen LogP) is 3.78. The van der Waals surface area contributed by atoms with E-state index in [2.05, 4.69) is 4.90 Å². The Morgan fingerprint density at radius 3 is 2.92 bits per heavy atom. The number of carbonyl (C=O) groups excluding carboxylic acids is 1. The Morgan fingerprint density at radius 2 is 2.19 bits per heavy atom. The van der Waals surface area contributed by atoms with Gasteiger partial charge in [0, 0.05) is 31.2 Å². The van der Waals surface area contributed by atoms with Crippen molar-refractivity contribution in [1.29, 1.82) is 0 Å². The maximum Gasteiger partial charge on any atom is 0.232 e. The number of carbonyl (C=O) groups is 1. The highest BCUT2D eigenvalue weighted by Gasteiger charge is 2.35. The lowest BCUT2D eigenvalue weighted by Gasteiger charge is -2.29. The van der Waals surface area contributed by atoms with Crippen LogP contribution in [0.1, 0.15) is 31.9 Å². The van der Waals surface area contributed by atoms with E-state index in [-0.39, 0.29) is 5.78 Å². The molecule has 3 heterocycles. The lowest BCUT2D eigenvalue weighted by Crippen LogP contribution is -2.34. The van der Waals surface area contributed by atoms with Crippen molar-refractivity contribution in [3.63, 3.8) is 0 Å². The molecule has 26 heavy (non-hydrogen) atoms. The van der Waals surface area contributed by atoms with Gasteiger partial charge in [0.1, 0.15) is 18.2 Å². The lowest BCUT2D eigenvalue weighted by molar-refractivity contribution is 0.0646. The Bertz CT molecular complexity index is 899. The molecule has 0 saturated carbocycles. The topological polar surface area (TPSA) is 48.0 Å². The second-order valence-electron chi connectivity index (χ2n) is 6.60. The molecular formula is C20H21NO4S. The summed E-state index contributed by atoms with van der Waals surface area (Å²) in [6, 6.07) is 3.99. The zero-order chi connectivity index (χ0) is 18.3. The number of hydrogen-bond donors (Lipinski definition) is 0. The Morgan fingerprint density at radius 1 is 1.35 bits per heavy atom. The Hall–Kier alpha value is -2.15. The minimum atomic E-state index is -0.0536. The number of ketones is 1. The fourth-order valence-corrected chi connectivity index (χ4v) is 4.14. The molecule has 0 fully saturated rings. The molecular weight excluding hydrogens is 350 g/mol. The molecule has 0 spiro atoms. The maximum atomic E-state index is 12.9. The standard InChI is InChI=1S/C20H21NO4S/c1-12-4-7-26-17(12)9-16-19(22)18-13(2)8-15-14(20(18)25-16)10-21(11-24-15)5-6-23-3/h4,7-9H,5-6,10-11H2,1-3H3/b16-9-. The van der Waals surface area contributed by atoms with Crippen molar-refractivity contribution in [3.05, 3.63) is 50.4 Å². The zero-order valence-corrected chi connectivity index (χ0v) is 15.9. The molecule has 0 atom stereocenters. The average molecular weight is 371 g/mol. The van der Waals surface area contributed by atoms with E-state index in [1.165, 1.54) is 0 Å². The van der Waals surface area contributed by atoms with Gasteiger partial charge in [0.2, 0.25) is 5.78 Å². The quantitative estimate of drug-likeness (QED) is 0.766. The third-order valence-corrected chi connectivity index (χ3v) is 5.73. The first-order valence-electron chi connectivity index (χ1n) is 8.57. The average Bonchev–Trinajstić information content (AvgIpc) is 3.18. The third kappa shape index (κ3) is 2.94. The van der Waals surface area contributed by atoms with Crippen LogP contribution in [-0.2, 0) is 11.3 Å². The van der Waals surface area contributed by atoms with E-state index in [1.807, 2.05) is 37.4 Å². The van der Waals surface area contributed by atoms with Crippen molar-refractivity contribution in [1.82, 2.24) is 4.90 Å². The molecule has 4 rings (SSSR count). The van der Waals surface area contributed by atoms with Gasteiger partial charge in [0.25, 0.3) is 0 Å². The summed E-state index contributed by atoms with van der Waals surface area (Å²) in [7, 11) is 1.69. The number of aryl methyl sites for hydroxylation is 2. The number of rotatable bonds is 4. The molecule has 5 nitrogen and oxygen atoms in total. The van der Waals surface area contributed by atoms with Gasteiger partial charge in [-0.15, -0.1) is 11.3 Å². The van der Waals surface area contributed by atoms with Gasteiger partial charge < -0.3 is 14.2 Å². The number of fused-ring (bicyclic) bond motifs is 3. The van der Waals surface area contributed by atoms with Crippen LogP contribution in [0.15, 0.2) is 23.3 Å². The fraction of sp³-hybridized carbons (Fsp3) is 0.350. The van der Waals surface area contributed by atoms with Crippen LogP contribution in [0.4, 0.5) is 0 Å². The Balaban J connectivity index is 1.71. The van der Waals surface area contributed by atoms with Gasteiger partial charge in [0.05, 0.1) is 17.7 Å². The highest BCUT2D eigenvalue weighted by atomic mass is 32.1. The van der Waals surface area contributed by atoms with Crippen LogP contribution >= 0.6 is 11.3 Å². The SMILES string of the molecule is COCCN1COc2cc(C)c3c(c2C1)O/C(=C\c1sccc1C)C3=O. The van der Waals surface area contributed by atoms with Gasteiger partial charge in [-0.2, -0.15) is 0 Å². The number of methoxy groups -OCH3 is 1. The molecule has 2 aliphatic heterocycles. The number of Topliss-reactive ketones (excluding diaryl/α,β-unsaturated/α-hetero) is 1. The molecule has 0 aliphatic carbocycles. The monoisotopic (exact) mass is 371 g/mol. The minimum Gasteiger partial charge on any atom is -0.478 e. The summed E-state index contributed by atoms with van der Waals surface area (Å²) < 4.78 is 17.1. The summed E-state index contributed by atoms with van der Waals surface area (Å²) in [5.41, 5.74) is 3.62. The minimum absolute atomic E-state index is 0.0536. The van der Waals surface area contributed by atoms with Crippen LogP contribution < -0.4 is 9.47 Å². The van der Waals surface area contributed by atoms with Crippen LogP contribution in [-0.4, -0.2) is 37.7 Å². The molecule has 1 aromatic carbocycles. The molecule has 2 aliphatic rings. The fourth-order valence-electron chi connectivity index (χ4n) is 3.29. The number of nitrogens with zero attached hydrogens (tertiary/aromatic N) is 1. The molecule has 0 unspecified atom stereocenters. The van der Waals surface area contributed by atoms with Crippen molar-refractivity contribution in [2.24, 2.45) is 0 Å². The number of benzene rings is 1. The van der Waals surface area contributed by atoms with Gasteiger partial charge in [0.15, 0.2) is 5.76 Å². The van der Waals surface area contributed by atoms with Crippen LogP contribution in [0.3, 0.4) is 0 Å². The smallest absolute Gasteiger partial charge is 0.232 e. The van der Waals surface area contributed by atoms with Crippen molar-refractivity contribution >= 4 is 23.2 Å². The first-order valence-corrected chi connectivity index (χ1v) is 9.45. The Labute approximate surface area is 156 Å². The third-order valence-electron chi connectivity index (χ3n) is 4.76. The molecule has 6 heteroatoms. The predicted molar refractivity (Wildman–Crippen MR) is 101 cm³/mol. The summed E-state index contributed by atoms with van der Waals surface area (Å²) in [5, 5.41) is 2.02. The summed E-state index contributed by atoms with van der Waals surface area (Å²) in [6.07, 6.45) is 1.85. The number of hydrogen-bond acceptors (Lipinski definition) is 6. The van der Waals surface area contributed by atoms with E-state index in [9.17, 15) is 4.79 Å². The molecule has 0 saturated heterocycles. The molecule has 0 amide bonds. The maximum absolute atomic E-state index is 12.9. The van der Waals surface area contributed by atoms with Crippen LogP contribution in [0.5, 0.6) is 11.5 Å². The number of thiophene rings is 1. The summed E-state index contributed by atoms with van der Waals surface area (Å²) in [5.74, 6) is 1.78. The molecule has 0 bridgehead atoms. The van der Waals surface area contributed by atoms with Crippen LogP contribution in [0.2, 0.25) is 0 Å². The van der Waals surface area contributed by atoms with Gasteiger partial charge in [-0.25, -0.2) is 0 Å². The highest BCUT2D eigenvalue weighted by molar-refractivity contribution is 7.11. The molecule has 136 valence electrons. The van der Waals surface area contributed by atoms with E-state index in [0.29, 0.717) is 37.0 Å². The van der Waals surface area contributed by atoms with Gasteiger partial charge in [-0.3, -0.25) is 9.69 Å². The van der Waals surface area contributed by atoms with E-state index >= 15 is 0 Å². The first kappa shape index (κ1) is 17.3. The van der Waals surface area contributed by atoms with E-state index in [1.54, 1.807) is 18.4 Å². The van der Waals surface area contributed by atoms with E-state index < -0.39 is 0 Å². The molecule has 0 N–H and O–H groups in total. The van der Waals surface area contributed by atoms with Crippen molar-refractivity contribution in [2.75, 3.05) is 27.0 Å². The first-order chi connectivity index (χ1) is 12.6. The van der Waals surface area contributed by atoms with Crippen LogP contribution in [0, 0.1) is 13.8 Å². The molecule has 2 aromatic rings. The van der Waals surface area contributed by atoms with Gasteiger partial charge in [-0.1, -0.05) is 0 Å². The summed E-state index contributed by atoms with van der Waals surface area (Å²) in [4.78, 5) is 16.1. The lowest BCUT2D eigenvalue weighted by atomic mass is 9.99. The highest BCUT2D eigenvalue weighted by Crippen LogP contribution is 2.44. The number of allylic oxidation sites excluding steroid dienone is 1. The van der Waals surface area contributed by atoms with E-state index in [4.69, 9.17) is 14.2 Å². The Kier molecular flexibility index (Phi) is 4.56. The normalized spacial score (nSPS) is 17.8. The van der Waals surface area contributed by atoms with Crippen molar-refractivity contribution < 1.29 is 19.0 Å². The van der Waals surface area contributed by atoms with Crippen molar-refractivity contribution in [2.45, 2.75) is 20.4 Å². The summed E-state index contributed by atoms with van der Waals surface area (Å²) in [6.45, 7) is 6.56. The molecule has 0 radical (unpaired) electrons. The number of ether oxygens (including phenoxy) is 3. The second-order valence-corrected chi connectivity index (χ2v) is 7.55. The van der Waals surface area contributed by atoms with Crippen molar-refractivity contribution in [3.8, 4) is 11.5 Å². The van der Waals surface area contributed by atoms with Gasteiger partial charge in [-0.05, 0) is 42.5 Å².